The molecular weight excluding hydrogens is 188 g/mol. The van der Waals surface area contributed by atoms with E-state index >= 15 is 0 Å². The summed E-state index contributed by atoms with van der Waals surface area (Å²) in [7, 11) is 2.24. The lowest BCUT2D eigenvalue weighted by Gasteiger charge is -2.35. The molecule has 0 radical (unpaired) electrons. The van der Waals surface area contributed by atoms with E-state index in [2.05, 4.69) is 18.1 Å². The molecule has 0 bridgehead atoms. The largest absolute Gasteiger partial charge is 0.391 e. The van der Waals surface area contributed by atoms with Crippen molar-refractivity contribution in [2.75, 3.05) is 26.7 Å². The maximum atomic E-state index is 9.13. The van der Waals surface area contributed by atoms with Crippen LogP contribution in [-0.4, -0.2) is 41.3 Å². The van der Waals surface area contributed by atoms with Gasteiger partial charge in [-0.15, -0.1) is 0 Å². The van der Waals surface area contributed by atoms with Crippen molar-refractivity contribution in [3.8, 4) is 0 Å². The average molecular weight is 207 g/mol. The van der Waals surface area contributed by atoms with Crippen LogP contribution in [0.25, 0.3) is 0 Å². The third kappa shape index (κ3) is 2.03. The molecule has 2 unspecified atom stereocenters. The van der Waals surface area contributed by atoms with Crippen LogP contribution in [0.5, 0.6) is 0 Å². The van der Waals surface area contributed by atoms with Crippen LogP contribution in [-0.2, 0) is 0 Å². The summed E-state index contributed by atoms with van der Waals surface area (Å²) in [5.74, 6) is 0. The molecule has 2 heterocycles. The quantitative estimate of drug-likeness (QED) is 0.759. The molecule has 82 valence electrons. The SMILES string of the molecule is C[N+]1(CCO)CCCC1c1cccnc1. The van der Waals surface area contributed by atoms with Crippen molar-refractivity contribution in [2.24, 2.45) is 0 Å². The molecule has 1 aromatic heterocycles. The molecule has 1 saturated heterocycles. The van der Waals surface area contributed by atoms with Crippen LogP contribution in [0.3, 0.4) is 0 Å². The number of quaternary nitrogens is 1. The molecule has 0 aliphatic carbocycles. The highest BCUT2D eigenvalue weighted by Gasteiger charge is 2.38. The Morgan fingerprint density at radius 1 is 1.60 bits per heavy atom. The first-order valence-electron chi connectivity index (χ1n) is 5.61. The van der Waals surface area contributed by atoms with Gasteiger partial charge in [0.25, 0.3) is 0 Å². The second-order valence-corrected chi connectivity index (χ2v) is 4.59. The molecule has 2 atom stereocenters. The molecule has 1 aliphatic rings. The third-order valence-electron chi connectivity index (χ3n) is 3.58. The lowest BCUT2D eigenvalue weighted by atomic mass is 10.1. The Morgan fingerprint density at radius 2 is 2.47 bits per heavy atom. The van der Waals surface area contributed by atoms with Gasteiger partial charge in [0.2, 0.25) is 0 Å². The van der Waals surface area contributed by atoms with Crippen LogP contribution in [0.2, 0.25) is 0 Å². The minimum atomic E-state index is 0.271. The van der Waals surface area contributed by atoms with Gasteiger partial charge in [0.05, 0.1) is 20.2 Å². The van der Waals surface area contributed by atoms with Crippen molar-refractivity contribution in [1.29, 1.82) is 0 Å². The van der Waals surface area contributed by atoms with Gasteiger partial charge in [0.1, 0.15) is 12.6 Å². The Balaban J connectivity index is 2.21. The van der Waals surface area contributed by atoms with Gasteiger partial charge in [-0.25, -0.2) is 0 Å². The lowest BCUT2D eigenvalue weighted by Crippen LogP contribution is -2.45. The summed E-state index contributed by atoms with van der Waals surface area (Å²) in [5, 5.41) is 9.13. The summed E-state index contributed by atoms with van der Waals surface area (Å²) in [4.78, 5) is 4.18. The molecule has 3 nitrogen and oxygen atoms in total. The summed E-state index contributed by atoms with van der Waals surface area (Å²) in [5.41, 5.74) is 1.31. The average Bonchev–Trinajstić information content (AvgIpc) is 2.62. The normalized spacial score (nSPS) is 30.7. The van der Waals surface area contributed by atoms with Gasteiger partial charge in [-0.3, -0.25) is 4.98 Å². The second-order valence-electron chi connectivity index (χ2n) is 4.59. The van der Waals surface area contributed by atoms with Crippen molar-refractivity contribution in [3.05, 3.63) is 30.1 Å². The van der Waals surface area contributed by atoms with E-state index in [1.807, 2.05) is 18.5 Å². The molecular formula is C12H19N2O+. The van der Waals surface area contributed by atoms with Gasteiger partial charge < -0.3 is 9.59 Å². The summed E-state index contributed by atoms with van der Waals surface area (Å²) in [6, 6.07) is 4.67. The molecule has 0 aromatic carbocycles. The van der Waals surface area contributed by atoms with Crippen LogP contribution < -0.4 is 0 Å². The number of hydrogen-bond donors (Lipinski definition) is 1. The van der Waals surface area contributed by atoms with Crippen LogP contribution in [0.4, 0.5) is 0 Å². The van der Waals surface area contributed by atoms with Gasteiger partial charge >= 0.3 is 0 Å². The molecule has 1 aliphatic heterocycles. The molecule has 1 aromatic rings. The Bertz CT molecular complexity index is 315. The fourth-order valence-electron chi connectivity index (χ4n) is 2.71. The van der Waals surface area contributed by atoms with Crippen molar-refractivity contribution < 1.29 is 9.59 Å². The Labute approximate surface area is 91.0 Å². The number of aromatic nitrogens is 1. The molecule has 3 heteroatoms. The highest BCUT2D eigenvalue weighted by molar-refractivity contribution is 5.12. The highest BCUT2D eigenvalue weighted by atomic mass is 16.3. The standard InChI is InChI=1S/C12H19N2O/c1-14(8-9-15)7-3-5-12(14)11-4-2-6-13-10-11/h2,4,6,10,12,15H,3,5,7-9H2,1H3/q+1. The van der Waals surface area contributed by atoms with Crippen molar-refractivity contribution in [1.82, 2.24) is 4.98 Å². The number of aliphatic hydroxyl groups is 1. The van der Waals surface area contributed by atoms with Gasteiger partial charge in [-0.2, -0.15) is 0 Å². The van der Waals surface area contributed by atoms with E-state index in [1.54, 1.807) is 0 Å². The molecule has 15 heavy (non-hydrogen) atoms. The van der Waals surface area contributed by atoms with Gasteiger partial charge in [0, 0.05) is 30.8 Å². The maximum Gasteiger partial charge on any atom is 0.116 e. The van der Waals surface area contributed by atoms with Crippen LogP contribution >= 0.6 is 0 Å². The Hall–Kier alpha value is -0.930. The number of nitrogens with zero attached hydrogens (tertiary/aromatic N) is 2. The van der Waals surface area contributed by atoms with Crippen molar-refractivity contribution >= 4 is 0 Å². The maximum absolute atomic E-state index is 9.13. The summed E-state index contributed by atoms with van der Waals surface area (Å²) >= 11 is 0. The van der Waals surface area contributed by atoms with Gasteiger partial charge in [-0.05, 0) is 6.07 Å². The number of likely N-dealkylation sites (tertiary alicyclic amines) is 1. The summed E-state index contributed by atoms with van der Waals surface area (Å²) < 4.78 is 0.961. The second kappa shape index (κ2) is 4.29. The van der Waals surface area contributed by atoms with Crippen LogP contribution in [0.15, 0.2) is 24.5 Å². The summed E-state index contributed by atoms with van der Waals surface area (Å²) in [6.45, 7) is 2.28. The van der Waals surface area contributed by atoms with Crippen molar-refractivity contribution in [2.45, 2.75) is 18.9 Å². The number of aliphatic hydroxyl groups excluding tert-OH is 1. The predicted molar refractivity (Wildman–Crippen MR) is 59.2 cm³/mol. The van der Waals surface area contributed by atoms with E-state index in [-0.39, 0.29) is 6.61 Å². The number of hydrogen-bond acceptors (Lipinski definition) is 2. The molecule has 0 saturated carbocycles. The topological polar surface area (TPSA) is 33.1 Å². The smallest absolute Gasteiger partial charge is 0.116 e. The molecule has 1 N–H and O–H groups in total. The first-order chi connectivity index (χ1) is 7.26. The zero-order valence-corrected chi connectivity index (χ0v) is 9.26. The minimum Gasteiger partial charge on any atom is -0.391 e. The number of likely N-dealkylation sites (N-methyl/N-ethyl adjacent to an activating group) is 1. The van der Waals surface area contributed by atoms with Crippen LogP contribution in [0, 0.1) is 0 Å². The first kappa shape index (κ1) is 10.6. The van der Waals surface area contributed by atoms with E-state index in [0.717, 1.165) is 11.0 Å². The van der Waals surface area contributed by atoms with Crippen molar-refractivity contribution in [3.63, 3.8) is 0 Å². The van der Waals surface area contributed by atoms with E-state index in [4.69, 9.17) is 5.11 Å². The van der Waals surface area contributed by atoms with Gasteiger partial charge in [0.15, 0.2) is 0 Å². The summed E-state index contributed by atoms with van der Waals surface area (Å²) in [6.07, 6.45) is 6.23. The molecule has 2 rings (SSSR count). The monoisotopic (exact) mass is 207 g/mol. The van der Waals surface area contributed by atoms with Gasteiger partial charge in [-0.1, -0.05) is 6.07 Å². The number of pyridine rings is 1. The molecule has 0 amide bonds. The highest BCUT2D eigenvalue weighted by Crippen LogP contribution is 2.36. The zero-order valence-electron chi connectivity index (χ0n) is 9.26. The van der Waals surface area contributed by atoms with E-state index in [1.165, 1.54) is 24.9 Å². The van der Waals surface area contributed by atoms with E-state index in [0.29, 0.717) is 6.04 Å². The van der Waals surface area contributed by atoms with E-state index in [9.17, 15) is 0 Å². The minimum absolute atomic E-state index is 0.271. The first-order valence-corrected chi connectivity index (χ1v) is 5.61. The zero-order chi connectivity index (χ0) is 10.7. The van der Waals surface area contributed by atoms with E-state index < -0.39 is 0 Å². The Kier molecular flexibility index (Phi) is 3.03. The fraction of sp³-hybridized carbons (Fsp3) is 0.583. The third-order valence-corrected chi connectivity index (χ3v) is 3.58. The van der Waals surface area contributed by atoms with Crippen LogP contribution in [0.1, 0.15) is 24.4 Å². The molecule has 1 fully saturated rings. The number of rotatable bonds is 3. The fourth-order valence-corrected chi connectivity index (χ4v) is 2.71. The molecule has 0 spiro atoms. The Morgan fingerprint density at radius 3 is 3.13 bits per heavy atom. The lowest BCUT2D eigenvalue weighted by molar-refractivity contribution is -0.927. The predicted octanol–water partition coefficient (Wildman–Crippen LogP) is 1.36.